The van der Waals surface area contributed by atoms with E-state index >= 15 is 0 Å². The predicted octanol–water partition coefficient (Wildman–Crippen LogP) is 5.96. The third-order valence-electron chi connectivity index (χ3n) is 6.61. The van der Waals surface area contributed by atoms with Gasteiger partial charge in [-0.3, -0.25) is 9.88 Å². The van der Waals surface area contributed by atoms with Gasteiger partial charge in [0.1, 0.15) is 18.0 Å². The highest BCUT2D eigenvalue weighted by Crippen LogP contribution is 2.39. The molecule has 0 aliphatic carbocycles. The van der Waals surface area contributed by atoms with E-state index < -0.39 is 11.8 Å². The van der Waals surface area contributed by atoms with E-state index in [1.54, 1.807) is 24.5 Å². The van der Waals surface area contributed by atoms with Gasteiger partial charge in [0, 0.05) is 24.6 Å². The van der Waals surface area contributed by atoms with Gasteiger partial charge < -0.3 is 14.7 Å². The van der Waals surface area contributed by atoms with Crippen LogP contribution in [-0.4, -0.2) is 46.1 Å². The molecule has 2 aromatic carbocycles. The summed E-state index contributed by atoms with van der Waals surface area (Å²) in [6, 6.07) is 17.0. The molecule has 1 saturated heterocycles. The summed E-state index contributed by atoms with van der Waals surface area (Å²) < 4.78 is 5.98. The van der Waals surface area contributed by atoms with Crippen molar-refractivity contribution in [1.82, 2.24) is 9.88 Å². The molecule has 0 amide bonds. The number of pyridine rings is 1. The summed E-state index contributed by atoms with van der Waals surface area (Å²) in [5.41, 5.74) is 2.75. The molecule has 0 saturated carbocycles. The van der Waals surface area contributed by atoms with E-state index in [9.17, 15) is 5.11 Å². The number of nitriles is 1. The van der Waals surface area contributed by atoms with Gasteiger partial charge in [-0.1, -0.05) is 29.3 Å². The van der Waals surface area contributed by atoms with E-state index in [0.717, 1.165) is 29.8 Å². The monoisotopic (exact) mass is 510 g/mol. The largest absolute Gasteiger partial charge is 0.492 e. The van der Waals surface area contributed by atoms with Crippen LogP contribution in [0.3, 0.4) is 0 Å². The Balaban J connectivity index is 1.39. The van der Waals surface area contributed by atoms with Gasteiger partial charge in [-0.2, -0.15) is 5.26 Å². The number of nitrogens with zero attached hydrogens (tertiary/aromatic N) is 4. The van der Waals surface area contributed by atoms with E-state index in [4.69, 9.17) is 33.2 Å². The summed E-state index contributed by atoms with van der Waals surface area (Å²) in [4.78, 5) is 8.23. The van der Waals surface area contributed by atoms with Gasteiger partial charge >= 0.3 is 0 Å². The van der Waals surface area contributed by atoms with Crippen molar-refractivity contribution in [3.8, 4) is 22.9 Å². The fraction of sp³-hybridized carbons (Fsp3) is 0.333. The second kappa shape index (κ2) is 10.4. The van der Waals surface area contributed by atoms with E-state index in [1.165, 1.54) is 0 Å². The number of ether oxygens (including phenoxy) is 1. The van der Waals surface area contributed by atoms with E-state index in [-0.39, 0.29) is 6.17 Å². The van der Waals surface area contributed by atoms with Gasteiger partial charge in [-0.05, 0) is 80.8 Å². The van der Waals surface area contributed by atoms with Gasteiger partial charge in [0.15, 0.2) is 0 Å². The summed E-state index contributed by atoms with van der Waals surface area (Å²) in [6.07, 6.45) is 3.44. The average Bonchev–Trinajstić information content (AvgIpc) is 3.01. The lowest BCUT2D eigenvalue weighted by Crippen LogP contribution is -2.47. The number of hydrogen-bond donors (Lipinski definition) is 1. The Morgan fingerprint density at radius 1 is 1.06 bits per heavy atom. The lowest BCUT2D eigenvalue weighted by molar-refractivity contribution is 0.0446. The van der Waals surface area contributed by atoms with Crippen LogP contribution in [0.1, 0.15) is 32.8 Å². The molecule has 2 unspecified atom stereocenters. The van der Waals surface area contributed by atoms with Crippen LogP contribution in [0.5, 0.6) is 5.75 Å². The number of hydrogen-bond acceptors (Lipinski definition) is 6. The third-order valence-corrected chi connectivity index (χ3v) is 7.22. The minimum Gasteiger partial charge on any atom is -0.492 e. The first kappa shape index (κ1) is 25.3. The normalized spacial score (nSPS) is 19.5. The van der Waals surface area contributed by atoms with Crippen LogP contribution in [0.4, 0.5) is 5.69 Å². The van der Waals surface area contributed by atoms with Crippen molar-refractivity contribution in [2.45, 2.75) is 45.1 Å². The topological polar surface area (TPSA) is 72.6 Å². The second-order valence-electron chi connectivity index (χ2n) is 9.12. The highest BCUT2D eigenvalue weighted by atomic mass is 35.5. The first-order valence-corrected chi connectivity index (χ1v) is 12.2. The van der Waals surface area contributed by atoms with Crippen LogP contribution in [0.2, 0.25) is 10.0 Å². The fourth-order valence-electron chi connectivity index (χ4n) is 4.67. The van der Waals surface area contributed by atoms with Crippen molar-refractivity contribution in [1.29, 1.82) is 5.26 Å². The molecule has 3 aromatic rings. The van der Waals surface area contributed by atoms with Gasteiger partial charge in [0.2, 0.25) is 0 Å². The zero-order valence-corrected chi connectivity index (χ0v) is 21.5. The standard InChI is InChI=1S/C27H28Cl2N4O2/c1-18-32(27(2,3)26(34)33(18)22-7-5-21(17-30)23(28)16-22)13-4-14-35-25-8-6-20(15-24(25)29)19-9-11-31-12-10-19/h5-12,15-16,18,26,34H,4,13-14H2,1-3H3. The molecule has 182 valence electrons. The summed E-state index contributed by atoms with van der Waals surface area (Å²) >= 11 is 12.7. The van der Waals surface area contributed by atoms with Crippen LogP contribution in [-0.2, 0) is 0 Å². The molecule has 35 heavy (non-hydrogen) atoms. The maximum atomic E-state index is 11.1. The van der Waals surface area contributed by atoms with Crippen LogP contribution in [0, 0.1) is 11.3 Å². The molecule has 8 heteroatoms. The zero-order valence-electron chi connectivity index (χ0n) is 19.9. The van der Waals surface area contributed by atoms with Crippen molar-refractivity contribution in [2.75, 3.05) is 18.1 Å². The van der Waals surface area contributed by atoms with E-state index in [2.05, 4.69) is 22.9 Å². The Morgan fingerprint density at radius 2 is 1.80 bits per heavy atom. The van der Waals surface area contributed by atoms with Crippen LogP contribution in [0.25, 0.3) is 11.1 Å². The van der Waals surface area contributed by atoms with Gasteiger partial charge in [0.25, 0.3) is 0 Å². The number of aliphatic hydroxyl groups excluding tert-OH is 1. The average molecular weight is 511 g/mol. The maximum absolute atomic E-state index is 11.1. The smallest absolute Gasteiger partial charge is 0.146 e. The summed E-state index contributed by atoms with van der Waals surface area (Å²) in [7, 11) is 0. The predicted molar refractivity (Wildman–Crippen MR) is 140 cm³/mol. The highest BCUT2D eigenvalue weighted by molar-refractivity contribution is 6.32. The van der Waals surface area contributed by atoms with Crippen LogP contribution >= 0.6 is 23.2 Å². The fourth-order valence-corrected chi connectivity index (χ4v) is 5.12. The van der Waals surface area contributed by atoms with Gasteiger partial charge in [0.05, 0.1) is 33.9 Å². The molecule has 1 aliphatic heterocycles. The van der Waals surface area contributed by atoms with Gasteiger partial charge in [-0.15, -0.1) is 0 Å². The summed E-state index contributed by atoms with van der Waals surface area (Å²) in [5.74, 6) is 0.645. The Hall–Kier alpha value is -2.82. The molecule has 1 fully saturated rings. The molecule has 0 spiro atoms. The molecule has 1 N–H and O–H groups in total. The molecule has 2 atom stereocenters. The maximum Gasteiger partial charge on any atom is 0.146 e. The molecule has 0 radical (unpaired) electrons. The Bertz CT molecular complexity index is 1230. The minimum atomic E-state index is -0.738. The zero-order chi connectivity index (χ0) is 25.2. The molecular formula is C27H28Cl2N4O2. The number of aromatic nitrogens is 1. The second-order valence-corrected chi connectivity index (χ2v) is 9.93. The van der Waals surface area contributed by atoms with Crippen molar-refractivity contribution in [3.05, 3.63) is 76.5 Å². The molecule has 2 heterocycles. The van der Waals surface area contributed by atoms with Crippen molar-refractivity contribution in [3.63, 3.8) is 0 Å². The first-order valence-electron chi connectivity index (χ1n) is 11.5. The van der Waals surface area contributed by atoms with Crippen LogP contribution < -0.4 is 9.64 Å². The van der Waals surface area contributed by atoms with Gasteiger partial charge in [-0.25, -0.2) is 0 Å². The SMILES string of the molecule is CC1N(c2ccc(C#N)c(Cl)c2)C(O)C(C)(C)N1CCCOc1ccc(-c2ccncc2)cc1Cl. The molecule has 0 bridgehead atoms. The quantitative estimate of drug-likeness (QED) is 0.395. The Kier molecular flexibility index (Phi) is 7.53. The van der Waals surface area contributed by atoms with Crippen molar-refractivity contribution in [2.24, 2.45) is 0 Å². The molecule has 4 rings (SSSR count). The number of anilines is 1. The molecule has 1 aromatic heterocycles. The lowest BCUT2D eigenvalue weighted by Gasteiger charge is -2.33. The van der Waals surface area contributed by atoms with Crippen molar-refractivity contribution >= 4 is 28.9 Å². The van der Waals surface area contributed by atoms with Crippen molar-refractivity contribution < 1.29 is 9.84 Å². The molecule has 1 aliphatic rings. The number of rotatable bonds is 7. The Labute approximate surface area is 216 Å². The highest BCUT2D eigenvalue weighted by Gasteiger charge is 2.49. The third kappa shape index (κ3) is 5.10. The minimum absolute atomic E-state index is 0.0766. The van der Waals surface area contributed by atoms with Crippen LogP contribution in [0.15, 0.2) is 60.9 Å². The molecular weight excluding hydrogens is 483 g/mol. The summed E-state index contributed by atoms with van der Waals surface area (Å²) in [6.45, 7) is 7.31. The summed E-state index contributed by atoms with van der Waals surface area (Å²) in [5, 5.41) is 21.2. The number of halogens is 2. The Morgan fingerprint density at radius 3 is 2.46 bits per heavy atom. The van der Waals surface area contributed by atoms with E-state index in [0.29, 0.717) is 28.0 Å². The first-order chi connectivity index (χ1) is 16.7. The number of benzene rings is 2. The number of aliphatic hydroxyl groups is 1. The molecule has 6 nitrogen and oxygen atoms in total. The lowest BCUT2D eigenvalue weighted by atomic mass is 10.0. The van der Waals surface area contributed by atoms with E-state index in [1.807, 2.05) is 55.1 Å².